The molecule has 7 nitrogen and oxygen atoms in total. The highest BCUT2D eigenvalue weighted by Crippen LogP contribution is 2.35. The summed E-state index contributed by atoms with van der Waals surface area (Å²) in [6.07, 6.45) is 0.363. The van der Waals surface area contributed by atoms with Crippen molar-refractivity contribution in [3.05, 3.63) is 52.5 Å². The van der Waals surface area contributed by atoms with Gasteiger partial charge in [0.25, 0.3) is 10.0 Å². The summed E-state index contributed by atoms with van der Waals surface area (Å²) in [5.74, 6) is 0. The summed E-state index contributed by atoms with van der Waals surface area (Å²) in [7, 11) is -7.75. The molecule has 0 aromatic heterocycles. The third-order valence-electron chi connectivity index (χ3n) is 3.88. The Morgan fingerprint density at radius 3 is 2.36 bits per heavy atom. The van der Waals surface area contributed by atoms with Crippen LogP contribution in [0.2, 0.25) is 5.02 Å². The van der Waals surface area contributed by atoms with Gasteiger partial charge in [0.2, 0.25) is 10.0 Å². The molecule has 0 spiro atoms. The monoisotopic (exact) mass is 397 g/mol. The van der Waals surface area contributed by atoms with Crippen molar-refractivity contribution in [2.45, 2.75) is 16.2 Å². The molecule has 130 valence electrons. The van der Waals surface area contributed by atoms with Gasteiger partial charge >= 0.3 is 0 Å². The second-order valence-electron chi connectivity index (χ2n) is 5.42. The number of sulfonamides is 2. The van der Waals surface area contributed by atoms with Gasteiger partial charge in [0.1, 0.15) is 6.07 Å². The third-order valence-corrected chi connectivity index (χ3v) is 6.91. The molecule has 10 heteroatoms. The van der Waals surface area contributed by atoms with Gasteiger partial charge in [-0.1, -0.05) is 11.6 Å². The normalized spacial score (nSPS) is 14.2. The zero-order valence-electron chi connectivity index (χ0n) is 12.7. The number of rotatable bonds is 3. The van der Waals surface area contributed by atoms with E-state index < -0.39 is 20.0 Å². The lowest BCUT2D eigenvalue weighted by atomic mass is 10.2. The quantitative estimate of drug-likeness (QED) is 0.843. The summed E-state index contributed by atoms with van der Waals surface area (Å²) < 4.78 is 49.8. The van der Waals surface area contributed by atoms with Crippen LogP contribution in [0.1, 0.15) is 11.1 Å². The number of nitrogens with zero attached hydrogens (tertiary/aromatic N) is 2. The fraction of sp³-hybridized carbons (Fsp3) is 0.133. The predicted molar refractivity (Wildman–Crippen MR) is 92.2 cm³/mol. The number of anilines is 1. The first-order chi connectivity index (χ1) is 11.6. The molecule has 0 saturated carbocycles. The molecule has 2 aromatic carbocycles. The van der Waals surface area contributed by atoms with E-state index in [1.807, 2.05) is 6.07 Å². The molecule has 2 aromatic rings. The van der Waals surface area contributed by atoms with Crippen molar-refractivity contribution < 1.29 is 16.8 Å². The standard InChI is InChI=1S/C15H12ClN3O4S2/c16-14-8-13(2-1-11(14)9-17)25(22,23)19-6-5-10-7-12(24(18,20)21)3-4-15(10)19/h1-4,7-8H,5-6H2,(H2,18,20,21). The van der Waals surface area contributed by atoms with E-state index in [1.54, 1.807) is 0 Å². The van der Waals surface area contributed by atoms with Crippen molar-refractivity contribution in [2.24, 2.45) is 5.14 Å². The van der Waals surface area contributed by atoms with E-state index in [-0.39, 0.29) is 26.9 Å². The van der Waals surface area contributed by atoms with Crippen LogP contribution in [0.25, 0.3) is 0 Å². The molecule has 25 heavy (non-hydrogen) atoms. The molecule has 2 N–H and O–H groups in total. The predicted octanol–water partition coefficient (Wildman–Crippen LogP) is 1.61. The second kappa shape index (κ2) is 6.00. The van der Waals surface area contributed by atoms with E-state index in [4.69, 9.17) is 22.0 Å². The molecule has 0 radical (unpaired) electrons. The van der Waals surface area contributed by atoms with Crippen LogP contribution in [0.3, 0.4) is 0 Å². The Hall–Kier alpha value is -2.12. The van der Waals surface area contributed by atoms with Gasteiger partial charge in [-0.05, 0) is 48.4 Å². The minimum Gasteiger partial charge on any atom is -0.266 e. The lowest BCUT2D eigenvalue weighted by molar-refractivity contribution is 0.592. The first kappa shape index (κ1) is 17.7. The van der Waals surface area contributed by atoms with E-state index in [1.165, 1.54) is 40.7 Å². The van der Waals surface area contributed by atoms with Gasteiger partial charge in [-0.2, -0.15) is 5.26 Å². The molecule has 1 aliphatic rings. The number of benzene rings is 2. The number of hydrogen-bond acceptors (Lipinski definition) is 5. The first-order valence-corrected chi connectivity index (χ1v) is 10.4. The molecule has 1 aliphatic heterocycles. The minimum atomic E-state index is -3.89. The number of hydrogen-bond donors (Lipinski definition) is 1. The highest BCUT2D eigenvalue weighted by atomic mass is 35.5. The zero-order valence-corrected chi connectivity index (χ0v) is 15.1. The van der Waals surface area contributed by atoms with Gasteiger partial charge in [-0.3, -0.25) is 4.31 Å². The average Bonchev–Trinajstić information content (AvgIpc) is 2.97. The van der Waals surface area contributed by atoms with Gasteiger partial charge in [0.15, 0.2) is 0 Å². The van der Waals surface area contributed by atoms with Crippen LogP contribution in [-0.2, 0) is 26.5 Å². The minimum absolute atomic E-state index is 0.0418. The topological polar surface area (TPSA) is 121 Å². The molecule has 0 amide bonds. The molecule has 0 bridgehead atoms. The summed E-state index contributed by atoms with van der Waals surface area (Å²) in [5, 5.41) is 14.0. The highest BCUT2D eigenvalue weighted by Gasteiger charge is 2.32. The van der Waals surface area contributed by atoms with Crippen LogP contribution in [0, 0.1) is 11.3 Å². The fourth-order valence-corrected chi connectivity index (χ4v) is 5.03. The summed E-state index contributed by atoms with van der Waals surface area (Å²) in [6, 6.07) is 9.83. The van der Waals surface area contributed by atoms with Gasteiger partial charge in [0, 0.05) is 6.54 Å². The number of fused-ring (bicyclic) bond motifs is 1. The van der Waals surface area contributed by atoms with E-state index in [2.05, 4.69) is 0 Å². The first-order valence-electron chi connectivity index (χ1n) is 7.03. The van der Waals surface area contributed by atoms with Gasteiger partial charge in [-0.25, -0.2) is 22.0 Å². The fourth-order valence-electron chi connectivity index (χ4n) is 2.65. The lowest BCUT2D eigenvalue weighted by Gasteiger charge is -2.20. The Balaban J connectivity index is 2.05. The Labute approximate surface area is 150 Å². The zero-order chi connectivity index (χ0) is 18.4. The van der Waals surface area contributed by atoms with Crippen molar-refractivity contribution >= 4 is 37.3 Å². The second-order valence-corrected chi connectivity index (χ2v) is 9.25. The van der Waals surface area contributed by atoms with E-state index >= 15 is 0 Å². The Morgan fingerprint density at radius 1 is 1.08 bits per heavy atom. The van der Waals surface area contributed by atoms with Crippen LogP contribution in [-0.4, -0.2) is 23.4 Å². The van der Waals surface area contributed by atoms with Crippen LogP contribution in [0.15, 0.2) is 46.2 Å². The summed E-state index contributed by atoms with van der Waals surface area (Å²) in [4.78, 5) is -0.105. The van der Waals surface area contributed by atoms with Gasteiger partial charge in [-0.15, -0.1) is 0 Å². The van der Waals surface area contributed by atoms with Crippen LogP contribution >= 0.6 is 11.6 Å². The van der Waals surface area contributed by atoms with Gasteiger partial charge in [0.05, 0.1) is 26.1 Å². The molecule has 0 saturated heterocycles. The number of nitrogens with two attached hydrogens (primary N) is 1. The Kier molecular flexibility index (Phi) is 4.25. The smallest absolute Gasteiger partial charge is 0.264 e. The molecule has 3 rings (SSSR count). The van der Waals surface area contributed by atoms with Crippen molar-refractivity contribution in [1.82, 2.24) is 0 Å². The Morgan fingerprint density at radius 2 is 1.76 bits per heavy atom. The molecule has 0 unspecified atom stereocenters. The number of nitriles is 1. The van der Waals surface area contributed by atoms with Crippen LogP contribution in [0.4, 0.5) is 5.69 Å². The average molecular weight is 398 g/mol. The van der Waals surface area contributed by atoms with Crippen LogP contribution in [0.5, 0.6) is 0 Å². The van der Waals surface area contributed by atoms with Crippen molar-refractivity contribution in [1.29, 1.82) is 5.26 Å². The van der Waals surface area contributed by atoms with E-state index in [0.29, 0.717) is 17.7 Å². The highest BCUT2D eigenvalue weighted by molar-refractivity contribution is 7.92. The van der Waals surface area contributed by atoms with Crippen LogP contribution < -0.4 is 9.44 Å². The van der Waals surface area contributed by atoms with Crippen molar-refractivity contribution in [3.8, 4) is 6.07 Å². The molecule has 1 heterocycles. The number of primary sulfonamides is 1. The summed E-state index contributed by atoms with van der Waals surface area (Å²) in [5.41, 5.74) is 1.16. The van der Waals surface area contributed by atoms with Crippen molar-refractivity contribution in [2.75, 3.05) is 10.8 Å². The summed E-state index contributed by atoms with van der Waals surface area (Å²) in [6.45, 7) is 0.170. The molecule has 0 fully saturated rings. The number of halogens is 1. The SMILES string of the molecule is N#Cc1ccc(S(=O)(=O)N2CCc3cc(S(N)(=O)=O)ccc32)cc1Cl. The lowest BCUT2D eigenvalue weighted by Crippen LogP contribution is -2.29. The molecule has 0 aliphatic carbocycles. The molecule has 0 atom stereocenters. The molecular weight excluding hydrogens is 386 g/mol. The van der Waals surface area contributed by atoms with Gasteiger partial charge < -0.3 is 0 Å². The van der Waals surface area contributed by atoms with E-state index in [0.717, 1.165) is 0 Å². The maximum atomic E-state index is 12.9. The summed E-state index contributed by atoms with van der Waals surface area (Å²) >= 11 is 5.93. The van der Waals surface area contributed by atoms with Crippen molar-refractivity contribution in [3.63, 3.8) is 0 Å². The van der Waals surface area contributed by atoms with E-state index in [9.17, 15) is 16.8 Å². The largest absolute Gasteiger partial charge is 0.266 e. The maximum absolute atomic E-state index is 12.9. The third kappa shape index (κ3) is 3.09. The maximum Gasteiger partial charge on any atom is 0.264 e. The molecular formula is C15H12ClN3O4S2. The Bertz CT molecular complexity index is 1120.